The molecule has 0 aliphatic rings. The zero-order chi connectivity index (χ0) is 23.7. The maximum Gasteiger partial charge on any atom is 0.326 e. The van der Waals surface area contributed by atoms with Gasteiger partial charge in [0.15, 0.2) is 0 Å². The average Bonchev–Trinajstić information content (AvgIpc) is 2.67. The Labute approximate surface area is 181 Å². The predicted octanol–water partition coefficient (Wildman–Crippen LogP) is -0.113. The summed E-state index contributed by atoms with van der Waals surface area (Å²) in [6, 6.07) is 2.03. The molecule has 0 bridgehead atoms. The smallest absolute Gasteiger partial charge is 0.326 e. The van der Waals surface area contributed by atoms with E-state index in [1.165, 1.54) is 26.0 Å². The number of hydrogen-bond acceptors (Lipinski definition) is 6. The van der Waals surface area contributed by atoms with Gasteiger partial charge in [0.05, 0.1) is 6.04 Å². The minimum atomic E-state index is -1.24. The van der Waals surface area contributed by atoms with Crippen molar-refractivity contribution in [3.8, 4) is 5.75 Å². The summed E-state index contributed by atoms with van der Waals surface area (Å²) in [5, 5.41) is 26.0. The van der Waals surface area contributed by atoms with Crippen molar-refractivity contribution in [2.75, 3.05) is 0 Å². The molecule has 1 aromatic rings. The van der Waals surface area contributed by atoms with Crippen LogP contribution in [0.5, 0.6) is 5.75 Å². The largest absolute Gasteiger partial charge is 0.508 e. The molecule has 0 saturated heterocycles. The van der Waals surface area contributed by atoms with E-state index in [0.717, 1.165) is 0 Å². The van der Waals surface area contributed by atoms with E-state index in [1.807, 2.05) is 13.8 Å². The number of aromatic hydroxyl groups is 1. The van der Waals surface area contributed by atoms with Crippen LogP contribution in [0.2, 0.25) is 0 Å². The van der Waals surface area contributed by atoms with Gasteiger partial charge in [0, 0.05) is 6.42 Å². The topological polar surface area (TPSA) is 171 Å². The number of phenolic OH excluding ortho intramolecular Hbond substituents is 1. The Kier molecular flexibility index (Phi) is 9.94. The van der Waals surface area contributed by atoms with Crippen LogP contribution in [-0.2, 0) is 25.6 Å². The number of aliphatic carboxylic acids is 1. The van der Waals surface area contributed by atoms with Gasteiger partial charge in [-0.2, -0.15) is 0 Å². The highest BCUT2D eigenvalue weighted by Gasteiger charge is 2.26. The Morgan fingerprint density at radius 2 is 1.35 bits per heavy atom. The summed E-state index contributed by atoms with van der Waals surface area (Å²) in [5.41, 5.74) is 6.40. The Morgan fingerprint density at radius 1 is 0.871 bits per heavy atom. The van der Waals surface area contributed by atoms with Gasteiger partial charge in [-0.1, -0.05) is 26.0 Å². The van der Waals surface area contributed by atoms with Crippen LogP contribution in [0.1, 0.15) is 39.7 Å². The van der Waals surface area contributed by atoms with Crippen molar-refractivity contribution in [3.05, 3.63) is 29.8 Å². The molecule has 0 aromatic heterocycles. The second-order valence-electron chi connectivity index (χ2n) is 7.97. The van der Waals surface area contributed by atoms with Gasteiger partial charge in [0.1, 0.15) is 23.9 Å². The zero-order valence-electron chi connectivity index (χ0n) is 18.2. The van der Waals surface area contributed by atoms with Gasteiger partial charge in [-0.25, -0.2) is 4.79 Å². The lowest BCUT2D eigenvalue weighted by molar-refractivity contribution is -0.142. The number of carbonyl (C=O) groups is 4. The minimum Gasteiger partial charge on any atom is -0.508 e. The third kappa shape index (κ3) is 9.04. The van der Waals surface area contributed by atoms with Gasteiger partial charge in [-0.05, 0) is 43.9 Å². The molecular formula is C21H32N4O6. The number of hydrogen-bond donors (Lipinski definition) is 6. The Balaban J connectivity index is 2.61. The van der Waals surface area contributed by atoms with Crippen LogP contribution in [0.4, 0.5) is 0 Å². The molecule has 10 heteroatoms. The van der Waals surface area contributed by atoms with Crippen LogP contribution >= 0.6 is 0 Å². The molecule has 0 aliphatic heterocycles. The molecule has 4 atom stereocenters. The fraction of sp³-hybridized carbons (Fsp3) is 0.524. The van der Waals surface area contributed by atoms with Crippen molar-refractivity contribution in [3.63, 3.8) is 0 Å². The molecule has 0 aliphatic carbocycles. The zero-order valence-corrected chi connectivity index (χ0v) is 18.2. The highest BCUT2D eigenvalue weighted by atomic mass is 16.4. The first kappa shape index (κ1) is 25.9. The number of nitrogens with two attached hydrogens (primary N) is 1. The first-order valence-corrected chi connectivity index (χ1v) is 10.1. The van der Waals surface area contributed by atoms with Crippen LogP contribution in [0.25, 0.3) is 0 Å². The molecule has 0 saturated carbocycles. The minimum absolute atomic E-state index is 0.00220. The van der Waals surface area contributed by atoms with Crippen LogP contribution in [0.15, 0.2) is 24.3 Å². The molecule has 1 aromatic carbocycles. The number of carbonyl (C=O) groups excluding carboxylic acids is 3. The highest BCUT2D eigenvalue weighted by Crippen LogP contribution is 2.11. The fourth-order valence-corrected chi connectivity index (χ4v) is 2.77. The predicted molar refractivity (Wildman–Crippen MR) is 114 cm³/mol. The highest BCUT2D eigenvalue weighted by molar-refractivity contribution is 5.93. The molecule has 4 unspecified atom stereocenters. The maximum absolute atomic E-state index is 12.4. The van der Waals surface area contributed by atoms with Crippen molar-refractivity contribution in [2.45, 2.75) is 64.7 Å². The van der Waals surface area contributed by atoms with E-state index in [2.05, 4.69) is 16.0 Å². The Bertz CT molecular complexity index is 781. The van der Waals surface area contributed by atoms with Crippen LogP contribution in [0.3, 0.4) is 0 Å². The maximum atomic E-state index is 12.4. The molecule has 0 radical (unpaired) electrons. The summed E-state index contributed by atoms with van der Waals surface area (Å²) >= 11 is 0. The number of carboxylic acids is 1. The first-order chi connectivity index (χ1) is 14.4. The van der Waals surface area contributed by atoms with Crippen LogP contribution < -0.4 is 21.7 Å². The number of carboxylic acid groups (broad SMARTS) is 1. The summed E-state index contributed by atoms with van der Waals surface area (Å²) in [5.74, 6) is -2.72. The van der Waals surface area contributed by atoms with E-state index in [4.69, 9.17) is 5.73 Å². The number of nitrogens with one attached hydrogen (secondary N) is 3. The molecule has 172 valence electrons. The van der Waals surface area contributed by atoms with Crippen LogP contribution in [0, 0.1) is 5.92 Å². The molecule has 31 heavy (non-hydrogen) atoms. The normalized spacial score (nSPS) is 14.8. The standard InChI is InChI=1S/C21H32N4O6/c1-11(2)9-16(22)20(29)24-12(3)18(27)23-13(4)19(28)25-17(21(30)31)10-14-5-7-15(26)8-6-14/h5-8,11-13,16-17,26H,9-10,22H2,1-4H3,(H,23,27)(H,24,29)(H,25,28)(H,30,31). The van der Waals surface area contributed by atoms with Crippen molar-refractivity contribution in [2.24, 2.45) is 11.7 Å². The third-order valence-electron chi connectivity index (χ3n) is 4.56. The van der Waals surface area contributed by atoms with Gasteiger partial charge in [-0.3, -0.25) is 14.4 Å². The molecule has 0 spiro atoms. The summed E-state index contributed by atoms with van der Waals surface area (Å²) < 4.78 is 0. The monoisotopic (exact) mass is 436 g/mol. The van der Waals surface area contributed by atoms with E-state index < -0.39 is 47.9 Å². The fourth-order valence-electron chi connectivity index (χ4n) is 2.77. The van der Waals surface area contributed by atoms with E-state index >= 15 is 0 Å². The molecule has 0 heterocycles. The number of rotatable bonds is 11. The van der Waals surface area contributed by atoms with Crippen LogP contribution in [-0.4, -0.2) is 58.1 Å². The number of amides is 3. The van der Waals surface area contributed by atoms with Crippen molar-refractivity contribution >= 4 is 23.7 Å². The average molecular weight is 437 g/mol. The summed E-state index contributed by atoms with van der Waals surface area (Å²) in [6.45, 7) is 6.72. The van der Waals surface area contributed by atoms with E-state index in [0.29, 0.717) is 12.0 Å². The van der Waals surface area contributed by atoms with Crippen molar-refractivity contribution < 1.29 is 29.4 Å². The Morgan fingerprint density at radius 3 is 1.84 bits per heavy atom. The van der Waals surface area contributed by atoms with Gasteiger partial charge in [0.25, 0.3) is 0 Å². The number of benzene rings is 1. The van der Waals surface area contributed by atoms with Crippen molar-refractivity contribution in [1.82, 2.24) is 16.0 Å². The summed E-state index contributed by atoms with van der Waals surface area (Å²) in [7, 11) is 0. The quantitative estimate of drug-likeness (QED) is 0.281. The van der Waals surface area contributed by atoms with E-state index in [-0.39, 0.29) is 18.1 Å². The molecule has 1 rings (SSSR count). The van der Waals surface area contributed by atoms with Gasteiger partial charge < -0.3 is 31.9 Å². The van der Waals surface area contributed by atoms with Gasteiger partial charge >= 0.3 is 5.97 Å². The molecule has 7 N–H and O–H groups in total. The van der Waals surface area contributed by atoms with E-state index in [1.54, 1.807) is 12.1 Å². The third-order valence-corrected chi connectivity index (χ3v) is 4.56. The summed E-state index contributed by atoms with van der Waals surface area (Å²) in [6.07, 6.45) is 0.471. The number of phenols is 1. The van der Waals surface area contributed by atoms with E-state index in [9.17, 15) is 29.4 Å². The van der Waals surface area contributed by atoms with Gasteiger partial charge in [0.2, 0.25) is 17.7 Å². The second kappa shape index (κ2) is 11.9. The molecular weight excluding hydrogens is 404 g/mol. The van der Waals surface area contributed by atoms with Crippen molar-refractivity contribution in [1.29, 1.82) is 0 Å². The lowest BCUT2D eigenvalue weighted by atomic mass is 10.0. The molecule has 0 fully saturated rings. The molecule has 10 nitrogen and oxygen atoms in total. The SMILES string of the molecule is CC(C)CC(N)C(=O)NC(C)C(=O)NC(C)C(=O)NC(Cc1ccc(O)cc1)C(=O)O. The Hall–Kier alpha value is -3.14. The lowest BCUT2D eigenvalue weighted by Gasteiger charge is -2.22. The van der Waals surface area contributed by atoms with Gasteiger partial charge in [-0.15, -0.1) is 0 Å². The lowest BCUT2D eigenvalue weighted by Crippen LogP contribution is -2.55. The molecule has 3 amide bonds. The summed E-state index contributed by atoms with van der Waals surface area (Å²) in [4.78, 5) is 48.2. The first-order valence-electron chi connectivity index (χ1n) is 10.1. The second-order valence-corrected chi connectivity index (χ2v) is 7.97.